The van der Waals surface area contributed by atoms with E-state index in [4.69, 9.17) is 0 Å². The molecule has 1 saturated heterocycles. The van der Waals surface area contributed by atoms with Crippen LogP contribution in [0.15, 0.2) is 86.0 Å². The number of fused-ring (bicyclic) bond motifs is 2. The molecule has 0 saturated carbocycles. The van der Waals surface area contributed by atoms with Gasteiger partial charge in [-0.25, -0.2) is 4.98 Å². The van der Waals surface area contributed by atoms with Crippen LogP contribution in [0.2, 0.25) is 0 Å². The van der Waals surface area contributed by atoms with Gasteiger partial charge in [0.05, 0.1) is 23.1 Å². The van der Waals surface area contributed by atoms with E-state index in [-0.39, 0.29) is 48.7 Å². The topological polar surface area (TPSA) is 131 Å². The van der Waals surface area contributed by atoms with E-state index in [1.54, 1.807) is 82.0 Å². The number of halogens is 3. The van der Waals surface area contributed by atoms with Crippen molar-refractivity contribution in [3.05, 3.63) is 125 Å². The Morgan fingerprint density at radius 1 is 0.945 bits per heavy atom. The molecule has 15 heteroatoms. The highest BCUT2D eigenvalue weighted by molar-refractivity contribution is 6.15. The number of hydrogen-bond donors (Lipinski definition) is 1. The van der Waals surface area contributed by atoms with E-state index in [0.717, 1.165) is 10.2 Å². The van der Waals surface area contributed by atoms with Gasteiger partial charge in [0.2, 0.25) is 0 Å². The fourth-order valence-electron chi connectivity index (χ4n) is 7.50. The van der Waals surface area contributed by atoms with Crippen LogP contribution in [-0.4, -0.2) is 78.1 Å². The summed E-state index contributed by atoms with van der Waals surface area (Å²) in [4.78, 5) is 57.1. The fraction of sp³-hybridized carbons (Fsp3) is 0.275. The number of aromatic nitrogens is 6. The van der Waals surface area contributed by atoms with Gasteiger partial charge >= 0.3 is 6.18 Å². The number of hydrogen-bond acceptors (Lipinski definition) is 7. The number of amides is 3. The van der Waals surface area contributed by atoms with Crippen LogP contribution in [0.3, 0.4) is 0 Å². The van der Waals surface area contributed by atoms with E-state index in [2.05, 4.69) is 25.4 Å². The summed E-state index contributed by atoms with van der Waals surface area (Å²) in [7, 11) is 1.44. The van der Waals surface area contributed by atoms with E-state index >= 15 is 0 Å². The molecular formula is C40H36F3N9O3. The molecule has 0 atom stereocenters. The first kappa shape index (κ1) is 35.6. The van der Waals surface area contributed by atoms with Gasteiger partial charge in [0, 0.05) is 105 Å². The van der Waals surface area contributed by atoms with E-state index < -0.39 is 11.9 Å². The molecule has 280 valence electrons. The Hall–Kier alpha value is -6.38. The zero-order chi connectivity index (χ0) is 38.4. The molecule has 6 heterocycles. The molecule has 0 spiro atoms. The third-order valence-electron chi connectivity index (χ3n) is 10.2. The van der Waals surface area contributed by atoms with Crippen molar-refractivity contribution in [1.29, 1.82) is 0 Å². The Balaban J connectivity index is 1.10. The molecule has 2 aliphatic heterocycles. The number of rotatable bonds is 9. The van der Waals surface area contributed by atoms with Gasteiger partial charge in [0.15, 0.2) is 5.69 Å². The van der Waals surface area contributed by atoms with Crippen molar-refractivity contribution in [3.8, 4) is 11.1 Å². The smallest absolute Gasteiger partial charge is 0.352 e. The van der Waals surface area contributed by atoms with Crippen molar-refractivity contribution in [1.82, 2.24) is 39.5 Å². The summed E-state index contributed by atoms with van der Waals surface area (Å²) in [5.74, 6) is -0.673. The number of pyridine rings is 2. The van der Waals surface area contributed by atoms with Crippen molar-refractivity contribution in [2.24, 2.45) is 13.0 Å². The van der Waals surface area contributed by atoms with Crippen LogP contribution >= 0.6 is 0 Å². The van der Waals surface area contributed by atoms with E-state index in [1.807, 2.05) is 19.1 Å². The second kappa shape index (κ2) is 14.1. The highest BCUT2D eigenvalue weighted by atomic mass is 19.4. The largest absolute Gasteiger partial charge is 0.435 e. The van der Waals surface area contributed by atoms with Crippen LogP contribution in [0.1, 0.15) is 60.4 Å². The minimum Gasteiger partial charge on any atom is -0.352 e. The molecule has 1 fully saturated rings. The zero-order valence-electron chi connectivity index (χ0n) is 30.0. The second-order valence-corrected chi connectivity index (χ2v) is 13.9. The van der Waals surface area contributed by atoms with Crippen LogP contribution < -0.4 is 10.2 Å². The summed E-state index contributed by atoms with van der Waals surface area (Å²) >= 11 is 0. The third kappa shape index (κ3) is 6.81. The minimum atomic E-state index is -4.71. The maximum absolute atomic E-state index is 14.6. The van der Waals surface area contributed by atoms with Gasteiger partial charge in [-0.1, -0.05) is 6.92 Å². The molecule has 0 unspecified atom stereocenters. The number of nitrogens with one attached hydrogen (secondary N) is 1. The average molecular weight is 748 g/mol. The molecule has 12 nitrogen and oxygen atoms in total. The summed E-state index contributed by atoms with van der Waals surface area (Å²) in [6.07, 6.45) is 7.20. The lowest BCUT2D eigenvalue weighted by Gasteiger charge is -2.39. The Morgan fingerprint density at radius 3 is 2.45 bits per heavy atom. The maximum atomic E-state index is 14.6. The molecule has 0 radical (unpaired) electrons. The Kier molecular flexibility index (Phi) is 9.15. The molecule has 3 amide bonds. The normalized spacial score (nSPS) is 14.6. The van der Waals surface area contributed by atoms with Gasteiger partial charge in [-0.05, 0) is 77.6 Å². The molecule has 8 rings (SSSR count). The highest BCUT2D eigenvalue weighted by Gasteiger charge is 2.39. The summed E-state index contributed by atoms with van der Waals surface area (Å²) in [5.41, 5.74) is 3.42. The number of imidazole rings is 1. The monoisotopic (exact) mass is 747 g/mol. The van der Waals surface area contributed by atoms with Gasteiger partial charge in [-0.15, -0.1) is 0 Å². The summed E-state index contributed by atoms with van der Waals surface area (Å²) in [6, 6.07) is 12.3. The maximum Gasteiger partial charge on any atom is 0.435 e. The van der Waals surface area contributed by atoms with Crippen LogP contribution in [-0.2, 0) is 32.6 Å². The van der Waals surface area contributed by atoms with Crippen molar-refractivity contribution >= 4 is 34.3 Å². The second-order valence-electron chi connectivity index (χ2n) is 13.9. The minimum absolute atomic E-state index is 0.0768. The molecule has 0 aliphatic carbocycles. The summed E-state index contributed by atoms with van der Waals surface area (Å²) < 4.78 is 45.6. The van der Waals surface area contributed by atoms with Crippen LogP contribution in [0.25, 0.3) is 22.0 Å². The number of anilines is 1. The lowest BCUT2D eigenvalue weighted by atomic mass is 9.87. The quantitative estimate of drug-likeness (QED) is 0.205. The number of benzene rings is 2. The van der Waals surface area contributed by atoms with Crippen molar-refractivity contribution in [2.45, 2.75) is 32.5 Å². The third-order valence-corrected chi connectivity index (χ3v) is 10.2. The first-order chi connectivity index (χ1) is 26.5. The summed E-state index contributed by atoms with van der Waals surface area (Å²) in [5, 5.41) is 7.38. The van der Waals surface area contributed by atoms with Crippen molar-refractivity contribution < 1.29 is 27.6 Å². The van der Waals surface area contributed by atoms with Crippen LogP contribution in [0.4, 0.5) is 18.9 Å². The van der Waals surface area contributed by atoms with Crippen molar-refractivity contribution in [3.63, 3.8) is 0 Å². The molecule has 6 aromatic rings. The number of carbonyl (C=O) groups excluding carboxylic acids is 3. The van der Waals surface area contributed by atoms with E-state index in [1.165, 1.54) is 13.2 Å². The first-order valence-corrected chi connectivity index (χ1v) is 17.9. The van der Waals surface area contributed by atoms with Gasteiger partial charge in [0.1, 0.15) is 0 Å². The molecule has 2 aromatic carbocycles. The van der Waals surface area contributed by atoms with E-state index in [9.17, 15) is 27.6 Å². The standard InChI is InChI=1S/C40H36F3N9O3/c1-3-24-14-31-34(6-10-46-35(31)32(15-24)37(53)47-18-26-20-51(21-26)38(54)27-4-8-44-9-5-27)52-12-7-28-29(33-22-49(2)48-36(33)40(41,42)43)16-25(17-30(28)39(52)55)19-50-13-11-45-23-50/h4-6,8-11,13-17,22-23,26H,3,7,12,18-21H2,1-2H3,(H,47,53). The molecule has 0 bridgehead atoms. The molecule has 1 N–H and O–H groups in total. The number of carbonyl (C=O) groups is 3. The van der Waals surface area contributed by atoms with Gasteiger partial charge < -0.3 is 19.7 Å². The lowest BCUT2D eigenvalue weighted by Crippen LogP contribution is -2.53. The fourth-order valence-corrected chi connectivity index (χ4v) is 7.50. The molecule has 55 heavy (non-hydrogen) atoms. The predicted octanol–water partition coefficient (Wildman–Crippen LogP) is 5.56. The molecule has 4 aromatic heterocycles. The van der Waals surface area contributed by atoms with Crippen molar-refractivity contribution in [2.75, 3.05) is 31.1 Å². The highest BCUT2D eigenvalue weighted by Crippen LogP contribution is 2.41. The first-order valence-electron chi connectivity index (χ1n) is 17.9. The number of likely N-dealkylation sites (tertiary alicyclic amines) is 1. The summed E-state index contributed by atoms with van der Waals surface area (Å²) in [6.45, 7) is 3.85. The Morgan fingerprint density at radius 2 is 1.73 bits per heavy atom. The SMILES string of the molecule is CCc1cc(C(=O)NCC2CN(C(=O)c3ccncc3)C2)c2nccc(N3CCc4c(cc(Cn5ccnc5)cc4-c4cn(C)nc4C(F)(F)F)C3=O)c2c1. The molecular weight excluding hydrogens is 711 g/mol. The number of aryl methyl sites for hydroxylation is 2. The molecule has 2 aliphatic rings. The lowest BCUT2D eigenvalue weighted by molar-refractivity contribution is -0.141. The number of nitrogens with zero attached hydrogens (tertiary/aromatic N) is 8. The Labute approximate surface area is 313 Å². The van der Waals surface area contributed by atoms with Gasteiger partial charge in [-0.3, -0.25) is 29.0 Å². The average Bonchev–Trinajstić information content (AvgIpc) is 3.83. The zero-order valence-corrected chi connectivity index (χ0v) is 30.0. The predicted molar refractivity (Wildman–Crippen MR) is 197 cm³/mol. The van der Waals surface area contributed by atoms with Gasteiger partial charge in [-0.2, -0.15) is 18.3 Å². The Bertz CT molecular complexity index is 2440. The van der Waals surface area contributed by atoms with E-state index in [0.29, 0.717) is 76.0 Å². The van der Waals surface area contributed by atoms with Crippen LogP contribution in [0, 0.1) is 5.92 Å². The van der Waals surface area contributed by atoms with Crippen LogP contribution in [0.5, 0.6) is 0 Å². The van der Waals surface area contributed by atoms with Gasteiger partial charge in [0.25, 0.3) is 17.7 Å². The number of alkyl halides is 3.